The molecular weight excluding hydrogens is 232 g/mol. The number of rotatable bonds is 6. The molecule has 0 radical (unpaired) electrons. The minimum Gasteiger partial charge on any atom is -0.465 e. The highest BCUT2D eigenvalue weighted by atomic mass is 16.5. The molecule has 1 aromatic rings. The molecule has 5 nitrogen and oxygen atoms in total. The van der Waals surface area contributed by atoms with Gasteiger partial charge >= 0.3 is 12.2 Å². The van der Waals surface area contributed by atoms with E-state index in [-0.39, 0.29) is 11.8 Å². The fourth-order valence-corrected chi connectivity index (χ4v) is 1.57. The van der Waals surface area contributed by atoms with E-state index in [9.17, 15) is 9.59 Å². The van der Waals surface area contributed by atoms with Crippen molar-refractivity contribution in [3.8, 4) is 0 Å². The lowest BCUT2D eigenvalue weighted by Gasteiger charge is -2.03. The van der Waals surface area contributed by atoms with Crippen molar-refractivity contribution in [2.45, 2.75) is 19.3 Å². The predicted molar refractivity (Wildman–Crippen MR) is 65.4 cm³/mol. The third-order valence-corrected chi connectivity index (χ3v) is 2.44. The van der Waals surface area contributed by atoms with Gasteiger partial charge in [-0.3, -0.25) is 4.79 Å². The second-order valence-electron chi connectivity index (χ2n) is 3.76. The molecule has 0 aliphatic rings. The summed E-state index contributed by atoms with van der Waals surface area (Å²) in [4.78, 5) is 25.1. The maximum Gasteiger partial charge on any atom is 0.337 e. The van der Waals surface area contributed by atoms with E-state index in [0.29, 0.717) is 24.8 Å². The molecule has 0 spiro atoms. The molecule has 0 bridgehead atoms. The van der Waals surface area contributed by atoms with Crippen LogP contribution in [0.15, 0.2) is 24.3 Å². The van der Waals surface area contributed by atoms with Crippen LogP contribution >= 0.6 is 0 Å². The molecule has 0 saturated heterocycles. The van der Waals surface area contributed by atoms with Crippen LogP contribution in [-0.4, -0.2) is 29.9 Å². The number of hydrogen-bond donors (Lipinski definition) is 0. The summed E-state index contributed by atoms with van der Waals surface area (Å²) in [5.41, 5.74) is 9.64. The van der Waals surface area contributed by atoms with E-state index in [1.807, 2.05) is 6.07 Å². The molecular formula is C13H14N2O3. The van der Waals surface area contributed by atoms with Crippen molar-refractivity contribution < 1.29 is 19.1 Å². The van der Waals surface area contributed by atoms with Crippen molar-refractivity contribution in [3.05, 3.63) is 40.9 Å². The Morgan fingerprint density at radius 3 is 2.89 bits per heavy atom. The first-order chi connectivity index (χ1) is 8.67. The molecule has 0 saturated carbocycles. The van der Waals surface area contributed by atoms with Gasteiger partial charge in [-0.1, -0.05) is 12.1 Å². The van der Waals surface area contributed by atoms with E-state index in [1.165, 1.54) is 7.11 Å². The highest BCUT2D eigenvalue weighted by molar-refractivity contribution is 6.25. The van der Waals surface area contributed by atoms with Crippen molar-refractivity contribution in [2.24, 2.45) is 0 Å². The van der Waals surface area contributed by atoms with Gasteiger partial charge in [-0.2, -0.15) is 4.79 Å². The van der Waals surface area contributed by atoms with Gasteiger partial charge < -0.3 is 10.3 Å². The summed E-state index contributed by atoms with van der Waals surface area (Å²) in [7, 11) is 1.34. The zero-order valence-electron chi connectivity index (χ0n) is 10.1. The molecule has 0 amide bonds. The Morgan fingerprint density at radius 1 is 1.44 bits per heavy atom. The lowest BCUT2D eigenvalue weighted by atomic mass is 10.0. The van der Waals surface area contributed by atoms with Crippen LogP contribution in [0.25, 0.3) is 5.53 Å². The minimum atomic E-state index is -0.375. The van der Waals surface area contributed by atoms with Gasteiger partial charge in [-0.25, -0.2) is 4.79 Å². The monoisotopic (exact) mass is 246 g/mol. The van der Waals surface area contributed by atoms with E-state index in [2.05, 4.69) is 9.53 Å². The molecule has 94 valence electrons. The van der Waals surface area contributed by atoms with Gasteiger partial charge in [0.2, 0.25) is 5.78 Å². The number of aryl methyl sites for hydroxylation is 1. The van der Waals surface area contributed by atoms with E-state index < -0.39 is 0 Å². The predicted octanol–water partition coefficient (Wildman–Crippen LogP) is 1.67. The van der Waals surface area contributed by atoms with E-state index in [0.717, 1.165) is 11.8 Å². The fourth-order valence-electron chi connectivity index (χ4n) is 1.57. The fraction of sp³-hybridized carbons (Fsp3) is 0.308. The highest BCUT2D eigenvalue weighted by Crippen LogP contribution is 2.09. The number of nitrogens with zero attached hydrogens (tertiary/aromatic N) is 2. The second kappa shape index (κ2) is 7.14. The van der Waals surface area contributed by atoms with Crippen LogP contribution in [0.2, 0.25) is 0 Å². The lowest BCUT2D eigenvalue weighted by Crippen LogP contribution is -2.03. The second-order valence-corrected chi connectivity index (χ2v) is 3.76. The molecule has 5 heteroatoms. The largest absolute Gasteiger partial charge is 0.465 e. The van der Waals surface area contributed by atoms with Gasteiger partial charge in [0.15, 0.2) is 0 Å². The summed E-state index contributed by atoms with van der Waals surface area (Å²) in [5.74, 6) is -0.595. The van der Waals surface area contributed by atoms with Gasteiger partial charge in [-0.15, -0.1) is 0 Å². The van der Waals surface area contributed by atoms with E-state index >= 15 is 0 Å². The summed E-state index contributed by atoms with van der Waals surface area (Å²) < 4.78 is 4.63. The zero-order chi connectivity index (χ0) is 13.4. The van der Waals surface area contributed by atoms with Crippen molar-refractivity contribution in [2.75, 3.05) is 7.11 Å². The van der Waals surface area contributed by atoms with Crippen LogP contribution in [0.3, 0.4) is 0 Å². The molecule has 0 aromatic heterocycles. The lowest BCUT2D eigenvalue weighted by molar-refractivity contribution is -0.116. The van der Waals surface area contributed by atoms with Crippen molar-refractivity contribution in [3.63, 3.8) is 0 Å². The molecule has 0 fully saturated rings. The smallest absolute Gasteiger partial charge is 0.337 e. The van der Waals surface area contributed by atoms with Crippen LogP contribution in [0.4, 0.5) is 0 Å². The van der Waals surface area contributed by atoms with E-state index in [4.69, 9.17) is 5.53 Å². The summed E-state index contributed by atoms with van der Waals surface area (Å²) in [6.45, 7) is 0. The van der Waals surface area contributed by atoms with Gasteiger partial charge in [0.25, 0.3) is 0 Å². The number of esters is 1. The number of benzene rings is 1. The third kappa shape index (κ3) is 4.31. The quantitative estimate of drug-likeness (QED) is 0.331. The number of hydrogen-bond acceptors (Lipinski definition) is 3. The Kier molecular flexibility index (Phi) is 5.48. The first-order valence-corrected chi connectivity index (χ1v) is 5.55. The first kappa shape index (κ1) is 13.8. The van der Waals surface area contributed by atoms with Gasteiger partial charge in [0, 0.05) is 6.42 Å². The maximum absolute atomic E-state index is 11.3. The van der Waals surface area contributed by atoms with Gasteiger partial charge in [0.1, 0.15) is 0 Å². The van der Waals surface area contributed by atoms with Crippen LogP contribution in [0.1, 0.15) is 28.8 Å². The number of ketones is 1. The van der Waals surface area contributed by atoms with Gasteiger partial charge in [0.05, 0.1) is 12.7 Å². The highest BCUT2D eigenvalue weighted by Gasteiger charge is 2.06. The number of Topliss-reactive ketones (excluding diaryl/α,β-unsaturated/α-hetero) is 1. The van der Waals surface area contributed by atoms with Gasteiger partial charge in [-0.05, 0) is 30.5 Å². The van der Waals surface area contributed by atoms with Crippen LogP contribution in [0.5, 0.6) is 0 Å². The van der Waals surface area contributed by atoms with E-state index in [1.54, 1.807) is 18.2 Å². The normalized spacial score (nSPS) is 9.39. The average molecular weight is 246 g/mol. The van der Waals surface area contributed by atoms with Crippen LogP contribution < -0.4 is 0 Å². The van der Waals surface area contributed by atoms with Crippen molar-refractivity contribution in [1.29, 1.82) is 0 Å². The SMILES string of the molecule is COC(=O)c1cccc(CCCC(=O)C=[N+]=[N-])c1. The number of carbonyl (C=O) groups excluding carboxylic acids is 2. The Bertz CT molecular complexity index is 491. The average Bonchev–Trinajstić information content (AvgIpc) is 2.38. The summed E-state index contributed by atoms with van der Waals surface area (Å²) in [6, 6.07) is 7.09. The molecule has 0 unspecified atom stereocenters. The molecule has 0 N–H and O–H groups in total. The maximum atomic E-state index is 11.3. The zero-order valence-corrected chi connectivity index (χ0v) is 10.1. The number of ether oxygens (including phenoxy) is 1. The Balaban J connectivity index is 2.55. The summed E-state index contributed by atoms with van der Waals surface area (Å²) in [6.07, 6.45) is 2.52. The molecule has 0 heterocycles. The van der Waals surface area contributed by atoms with Crippen molar-refractivity contribution >= 4 is 18.0 Å². The number of methoxy groups -OCH3 is 1. The molecule has 0 atom stereocenters. The van der Waals surface area contributed by atoms with Crippen LogP contribution in [0, 0.1) is 0 Å². The number of carbonyl (C=O) groups is 2. The summed E-state index contributed by atoms with van der Waals surface area (Å²) >= 11 is 0. The molecule has 1 rings (SSSR count). The molecule has 1 aromatic carbocycles. The molecule has 18 heavy (non-hydrogen) atoms. The Labute approximate surface area is 105 Å². The minimum absolute atomic E-state index is 0.221. The van der Waals surface area contributed by atoms with Crippen LogP contribution in [-0.2, 0) is 16.0 Å². The standard InChI is InChI=1S/C13H14N2O3/c1-18-13(17)11-6-2-4-10(8-11)5-3-7-12(16)9-15-14/h2,4,6,8-9H,3,5,7H2,1H3. The Morgan fingerprint density at radius 2 is 2.22 bits per heavy atom. The Hall–Kier alpha value is -2.26. The third-order valence-electron chi connectivity index (χ3n) is 2.44. The first-order valence-electron chi connectivity index (χ1n) is 5.55. The molecule has 0 aliphatic carbocycles. The van der Waals surface area contributed by atoms with Crippen molar-refractivity contribution in [1.82, 2.24) is 0 Å². The summed E-state index contributed by atoms with van der Waals surface area (Å²) in [5, 5.41) is 0. The molecule has 0 aliphatic heterocycles. The topological polar surface area (TPSA) is 79.8 Å².